The Kier molecular flexibility index (Phi) is 2.90. The topological polar surface area (TPSA) is 72.7 Å². The van der Waals surface area contributed by atoms with Crippen LogP contribution < -0.4 is 5.32 Å². The number of nitrogens with one attached hydrogen (secondary N) is 1. The van der Waals surface area contributed by atoms with Crippen LogP contribution in [0.15, 0.2) is 61.1 Å². The van der Waals surface area contributed by atoms with Crippen LogP contribution in [-0.4, -0.2) is 25.4 Å². The first-order chi connectivity index (χ1) is 14.3. The van der Waals surface area contributed by atoms with Crippen LogP contribution in [0.5, 0.6) is 0 Å². The van der Waals surface area contributed by atoms with Crippen molar-refractivity contribution in [1.29, 1.82) is 0 Å². The standard InChI is InChI=1S/C19H14FN5O/c1-25-11-21-10-17(25)13-2-3-14-9-22-19(23-16(14)8-13)24-18(26)12-4-6-15(20)7-5-12/h2-11H,1H3,(H,22,23,24,26)/i4D,5D,6D,7D. The zero-order chi connectivity index (χ0) is 21.6. The number of aryl methyl sites for hydroxylation is 1. The number of rotatable bonds is 3. The summed E-state index contributed by atoms with van der Waals surface area (Å²) in [6.45, 7) is 0. The smallest absolute Gasteiger partial charge is 0.258 e. The highest BCUT2D eigenvalue weighted by Gasteiger charge is 2.10. The Morgan fingerprint density at radius 2 is 2.04 bits per heavy atom. The summed E-state index contributed by atoms with van der Waals surface area (Å²) >= 11 is 0. The number of hydrogen-bond acceptors (Lipinski definition) is 4. The molecule has 0 fully saturated rings. The van der Waals surface area contributed by atoms with Crippen LogP contribution in [0, 0.1) is 5.82 Å². The number of carbonyl (C=O) groups excluding carboxylic acids is 1. The van der Waals surface area contributed by atoms with Crippen LogP contribution in [0.2, 0.25) is 0 Å². The number of aromatic nitrogens is 4. The minimum atomic E-state index is -1.31. The van der Waals surface area contributed by atoms with Crippen LogP contribution in [0.3, 0.4) is 0 Å². The second-order valence-corrected chi connectivity index (χ2v) is 5.50. The van der Waals surface area contributed by atoms with Gasteiger partial charge in [-0.15, -0.1) is 0 Å². The van der Waals surface area contributed by atoms with Crippen molar-refractivity contribution in [3.8, 4) is 11.3 Å². The molecule has 2 aromatic heterocycles. The van der Waals surface area contributed by atoms with E-state index in [1.165, 1.54) is 6.20 Å². The van der Waals surface area contributed by atoms with Gasteiger partial charge in [0.05, 0.1) is 29.2 Å². The second kappa shape index (κ2) is 6.36. The first kappa shape index (κ1) is 11.9. The molecule has 0 aliphatic heterocycles. The summed E-state index contributed by atoms with van der Waals surface area (Å²) in [5.41, 5.74) is 1.68. The molecule has 0 aliphatic rings. The number of anilines is 1. The molecule has 4 rings (SSSR count). The van der Waals surface area contributed by atoms with Crippen molar-refractivity contribution in [2.75, 3.05) is 5.32 Å². The molecule has 2 aromatic carbocycles. The number of amides is 1. The van der Waals surface area contributed by atoms with Crippen molar-refractivity contribution in [3.05, 3.63) is 72.5 Å². The molecule has 4 aromatic rings. The first-order valence-corrected chi connectivity index (χ1v) is 7.58. The normalized spacial score (nSPS) is 13.0. The molecule has 1 N–H and O–H groups in total. The van der Waals surface area contributed by atoms with Crippen molar-refractivity contribution < 1.29 is 14.7 Å². The molecule has 0 atom stereocenters. The number of fused-ring (bicyclic) bond motifs is 1. The Hall–Kier alpha value is -3.61. The van der Waals surface area contributed by atoms with E-state index in [0.29, 0.717) is 5.52 Å². The monoisotopic (exact) mass is 351 g/mol. The van der Waals surface area contributed by atoms with Crippen molar-refractivity contribution in [1.82, 2.24) is 19.5 Å². The summed E-state index contributed by atoms with van der Waals surface area (Å²) in [7, 11) is 1.86. The van der Waals surface area contributed by atoms with E-state index in [1.54, 1.807) is 18.6 Å². The molecule has 26 heavy (non-hydrogen) atoms. The fraction of sp³-hybridized carbons (Fsp3) is 0.0526. The lowest BCUT2D eigenvalue weighted by molar-refractivity contribution is 0.102. The second-order valence-electron chi connectivity index (χ2n) is 5.50. The number of hydrogen-bond donors (Lipinski definition) is 1. The van der Waals surface area contributed by atoms with E-state index in [2.05, 4.69) is 20.3 Å². The van der Waals surface area contributed by atoms with E-state index in [9.17, 15) is 9.18 Å². The summed E-state index contributed by atoms with van der Waals surface area (Å²) in [5, 5.41) is 3.09. The third kappa shape index (κ3) is 3.02. The van der Waals surface area contributed by atoms with E-state index in [4.69, 9.17) is 5.48 Å². The first-order valence-electron chi connectivity index (χ1n) is 9.58. The van der Waals surface area contributed by atoms with E-state index < -0.39 is 41.5 Å². The average Bonchev–Trinajstić information content (AvgIpc) is 3.16. The number of halogens is 1. The van der Waals surface area contributed by atoms with Gasteiger partial charge in [0, 0.05) is 29.8 Å². The molecule has 7 heteroatoms. The molecule has 0 aliphatic carbocycles. The minimum absolute atomic E-state index is 0.0872. The van der Waals surface area contributed by atoms with Crippen molar-refractivity contribution >= 4 is 22.8 Å². The van der Waals surface area contributed by atoms with E-state index in [1.807, 2.05) is 23.7 Å². The van der Waals surface area contributed by atoms with Gasteiger partial charge in [0.1, 0.15) is 5.82 Å². The largest absolute Gasteiger partial charge is 0.334 e. The van der Waals surface area contributed by atoms with Crippen LogP contribution in [0.4, 0.5) is 10.3 Å². The maximum absolute atomic E-state index is 13.7. The molecule has 6 nitrogen and oxygen atoms in total. The third-order valence-electron chi connectivity index (χ3n) is 3.74. The van der Waals surface area contributed by atoms with Gasteiger partial charge in [-0.2, -0.15) is 0 Å². The maximum Gasteiger partial charge on any atom is 0.258 e. The Morgan fingerprint density at radius 1 is 1.23 bits per heavy atom. The van der Waals surface area contributed by atoms with Gasteiger partial charge in [0.2, 0.25) is 5.95 Å². The Labute approximate surface area is 154 Å². The van der Waals surface area contributed by atoms with E-state index in [-0.39, 0.29) is 5.95 Å². The van der Waals surface area contributed by atoms with Gasteiger partial charge >= 0.3 is 0 Å². The lowest BCUT2D eigenvalue weighted by atomic mass is 10.1. The van der Waals surface area contributed by atoms with Gasteiger partial charge in [0.25, 0.3) is 5.91 Å². The Bertz CT molecular complexity index is 1300. The fourth-order valence-electron chi connectivity index (χ4n) is 2.45. The van der Waals surface area contributed by atoms with E-state index in [0.717, 1.165) is 16.6 Å². The minimum Gasteiger partial charge on any atom is -0.334 e. The highest BCUT2D eigenvalue weighted by molar-refractivity contribution is 6.03. The average molecular weight is 351 g/mol. The van der Waals surface area contributed by atoms with Crippen molar-refractivity contribution in [3.63, 3.8) is 0 Å². The molecular weight excluding hydrogens is 333 g/mol. The Morgan fingerprint density at radius 3 is 2.77 bits per heavy atom. The molecule has 0 saturated heterocycles. The molecule has 0 radical (unpaired) electrons. The van der Waals surface area contributed by atoms with Crippen LogP contribution in [-0.2, 0) is 7.05 Å². The summed E-state index contributed by atoms with van der Waals surface area (Å²) in [6.07, 6.45) is 4.89. The van der Waals surface area contributed by atoms with Crippen molar-refractivity contribution in [2.45, 2.75) is 0 Å². The van der Waals surface area contributed by atoms with Crippen LogP contribution in [0.1, 0.15) is 15.8 Å². The predicted molar refractivity (Wildman–Crippen MR) is 96.1 cm³/mol. The summed E-state index contributed by atoms with van der Waals surface area (Å²) in [4.78, 5) is 25.0. The lowest BCUT2D eigenvalue weighted by Gasteiger charge is -2.07. The van der Waals surface area contributed by atoms with Gasteiger partial charge in [-0.3, -0.25) is 10.1 Å². The van der Waals surface area contributed by atoms with Gasteiger partial charge in [-0.25, -0.2) is 19.3 Å². The number of imidazole rings is 1. The molecule has 0 saturated carbocycles. The highest BCUT2D eigenvalue weighted by Crippen LogP contribution is 2.23. The fourth-order valence-corrected chi connectivity index (χ4v) is 2.45. The molecule has 0 bridgehead atoms. The van der Waals surface area contributed by atoms with Crippen LogP contribution in [0.25, 0.3) is 22.2 Å². The number of carbonyl (C=O) groups is 1. The van der Waals surface area contributed by atoms with E-state index >= 15 is 0 Å². The van der Waals surface area contributed by atoms with Gasteiger partial charge in [-0.05, 0) is 30.2 Å². The molecule has 2 heterocycles. The summed E-state index contributed by atoms with van der Waals surface area (Å²) < 4.78 is 46.2. The SMILES string of the molecule is [2H]c1c([2H])c(C(=O)Nc2ncc3ccc(-c4cncn4C)cc3n2)c([2H])c([2H])c1F. The summed E-state index contributed by atoms with van der Waals surface area (Å²) in [6, 6.07) is 2.14. The number of benzene rings is 2. The highest BCUT2D eigenvalue weighted by atomic mass is 19.1. The Balaban J connectivity index is 1.71. The van der Waals surface area contributed by atoms with Gasteiger partial charge in [-0.1, -0.05) is 12.1 Å². The molecule has 0 spiro atoms. The van der Waals surface area contributed by atoms with Crippen molar-refractivity contribution in [2.24, 2.45) is 7.05 Å². The molecule has 1 amide bonds. The zero-order valence-corrected chi connectivity index (χ0v) is 13.5. The lowest BCUT2D eigenvalue weighted by Crippen LogP contribution is -2.14. The van der Waals surface area contributed by atoms with Crippen LogP contribution >= 0.6 is 0 Å². The van der Waals surface area contributed by atoms with Gasteiger partial charge in [0.15, 0.2) is 0 Å². The molecule has 0 unspecified atom stereocenters. The maximum atomic E-state index is 13.7. The predicted octanol–water partition coefficient (Wildman–Crippen LogP) is 3.42. The number of nitrogens with zero attached hydrogens (tertiary/aromatic N) is 4. The van der Waals surface area contributed by atoms with Gasteiger partial charge < -0.3 is 4.57 Å². The third-order valence-corrected chi connectivity index (χ3v) is 3.74. The summed E-state index contributed by atoms with van der Waals surface area (Å²) in [5.74, 6) is -2.36. The molecule has 128 valence electrons. The zero-order valence-electron chi connectivity index (χ0n) is 17.5. The quantitative estimate of drug-likeness (QED) is 0.614. The molecular formula is C19H14FN5O.